The van der Waals surface area contributed by atoms with Crippen molar-refractivity contribution in [3.8, 4) is 0 Å². The molecular formula is C8H11FN2O. The van der Waals surface area contributed by atoms with E-state index in [9.17, 15) is 4.39 Å². The number of aliphatic hydroxyl groups excluding tert-OH is 1. The average molecular weight is 170 g/mol. The Hall–Kier alpha value is -1.00. The van der Waals surface area contributed by atoms with E-state index < -0.39 is 11.4 Å². The molecular weight excluding hydrogens is 159 g/mol. The number of rotatable bonds is 2. The minimum Gasteiger partial charge on any atom is -0.394 e. The molecule has 1 aromatic heterocycles. The van der Waals surface area contributed by atoms with Crippen molar-refractivity contribution in [2.75, 3.05) is 6.61 Å². The number of nitrogens with zero attached hydrogens (tertiary/aromatic N) is 1. The lowest BCUT2D eigenvalue weighted by molar-refractivity contribution is 0.206. The molecule has 0 saturated heterocycles. The van der Waals surface area contributed by atoms with Crippen molar-refractivity contribution in [3.63, 3.8) is 0 Å². The van der Waals surface area contributed by atoms with Crippen molar-refractivity contribution in [2.24, 2.45) is 5.73 Å². The lowest BCUT2D eigenvalue weighted by Crippen LogP contribution is -2.37. The summed E-state index contributed by atoms with van der Waals surface area (Å²) in [6.45, 7) is 1.42. The highest BCUT2D eigenvalue weighted by Gasteiger charge is 2.21. The zero-order chi connectivity index (χ0) is 9.19. The molecule has 1 heterocycles. The second-order valence-electron chi connectivity index (χ2n) is 2.94. The maximum absolute atomic E-state index is 12.4. The van der Waals surface area contributed by atoms with E-state index in [1.165, 1.54) is 12.1 Å². The Morgan fingerprint density at radius 2 is 2.33 bits per heavy atom. The summed E-state index contributed by atoms with van der Waals surface area (Å²) in [6.07, 6.45) is 1.08. The molecule has 0 aliphatic rings. The van der Waals surface area contributed by atoms with E-state index in [1.54, 1.807) is 6.92 Å². The molecule has 3 nitrogen and oxygen atoms in total. The molecule has 1 atom stereocenters. The number of hydrogen-bond donors (Lipinski definition) is 2. The third-order valence-electron chi connectivity index (χ3n) is 1.64. The van der Waals surface area contributed by atoms with Crippen LogP contribution >= 0.6 is 0 Å². The van der Waals surface area contributed by atoms with Gasteiger partial charge in [-0.25, -0.2) is 4.39 Å². The van der Waals surface area contributed by atoms with Gasteiger partial charge in [-0.15, -0.1) is 0 Å². The van der Waals surface area contributed by atoms with Gasteiger partial charge in [0, 0.05) is 0 Å². The monoisotopic (exact) mass is 170 g/mol. The van der Waals surface area contributed by atoms with Gasteiger partial charge in [0.15, 0.2) is 0 Å². The summed E-state index contributed by atoms with van der Waals surface area (Å²) in [6, 6.07) is 2.73. The van der Waals surface area contributed by atoms with Crippen LogP contribution in [-0.4, -0.2) is 16.7 Å². The van der Waals surface area contributed by atoms with Crippen molar-refractivity contribution in [3.05, 3.63) is 29.8 Å². The van der Waals surface area contributed by atoms with Gasteiger partial charge in [0.2, 0.25) is 0 Å². The third-order valence-corrected chi connectivity index (χ3v) is 1.64. The van der Waals surface area contributed by atoms with E-state index in [-0.39, 0.29) is 6.61 Å². The molecule has 0 aromatic carbocycles. The fourth-order valence-electron chi connectivity index (χ4n) is 0.795. The first-order chi connectivity index (χ1) is 5.56. The molecule has 0 saturated carbocycles. The molecule has 1 aromatic rings. The van der Waals surface area contributed by atoms with E-state index in [0.717, 1.165) is 6.20 Å². The summed E-state index contributed by atoms with van der Waals surface area (Å²) >= 11 is 0. The summed E-state index contributed by atoms with van der Waals surface area (Å²) in [5.41, 5.74) is 5.24. The SMILES string of the molecule is C[C@@](N)(CO)c1ccc(F)cn1. The Kier molecular flexibility index (Phi) is 2.40. The van der Waals surface area contributed by atoms with Gasteiger partial charge in [0.05, 0.1) is 24.0 Å². The molecule has 66 valence electrons. The first kappa shape index (κ1) is 9.09. The Bertz CT molecular complexity index is 258. The second-order valence-corrected chi connectivity index (χ2v) is 2.94. The van der Waals surface area contributed by atoms with Crippen molar-refractivity contribution in [2.45, 2.75) is 12.5 Å². The zero-order valence-electron chi connectivity index (χ0n) is 6.79. The third kappa shape index (κ3) is 1.78. The van der Waals surface area contributed by atoms with Crippen LogP contribution in [0.1, 0.15) is 12.6 Å². The summed E-state index contributed by atoms with van der Waals surface area (Å²) in [5.74, 6) is -0.410. The largest absolute Gasteiger partial charge is 0.394 e. The fraction of sp³-hybridized carbons (Fsp3) is 0.375. The molecule has 0 spiro atoms. The normalized spacial score (nSPS) is 15.7. The molecule has 0 aliphatic carbocycles. The Morgan fingerprint density at radius 1 is 1.67 bits per heavy atom. The highest BCUT2D eigenvalue weighted by molar-refractivity contribution is 5.14. The maximum atomic E-state index is 12.4. The van der Waals surface area contributed by atoms with E-state index in [2.05, 4.69) is 4.98 Å². The van der Waals surface area contributed by atoms with Crippen LogP contribution in [0.5, 0.6) is 0 Å². The standard InChI is InChI=1S/C8H11FN2O/c1-8(10,5-12)7-3-2-6(9)4-11-7/h2-4,12H,5,10H2,1H3/t8-/m1/s1. The number of pyridine rings is 1. The van der Waals surface area contributed by atoms with Gasteiger partial charge in [-0.3, -0.25) is 4.98 Å². The lowest BCUT2D eigenvalue weighted by atomic mass is 10.0. The van der Waals surface area contributed by atoms with Gasteiger partial charge in [-0.05, 0) is 19.1 Å². The van der Waals surface area contributed by atoms with Crippen molar-refractivity contribution >= 4 is 0 Å². The van der Waals surface area contributed by atoms with Crippen molar-refractivity contribution in [1.82, 2.24) is 4.98 Å². The highest BCUT2D eigenvalue weighted by atomic mass is 19.1. The lowest BCUT2D eigenvalue weighted by Gasteiger charge is -2.20. The fourth-order valence-corrected chi connectivity index (χ4v) is 0.795. The van der Waals surface area contributed by atoms with Crippen LogP contribution in [0.2, 0.25) is 0 Å². The Labute approximate surface area is 70.0 Å². The van der Waals surface area contributed by atoms with Crippen LogP contribution in [0, 0.1) is 5.82 Å². The van der Waals surface area contributed by atoms with Crippen LogP contribution in [0.15, 0.2) is 18.3 Å². The maximum Gasteiger partial charge on any atom is 0.141 e. The van der Waals surface area contributed by atoms with Crippen LogP contribution in [0.25, 0.3) is 0 Å². The van der Waals surface area contributed by atoms with Gasteiger partial charge >= 0.3 is 0 Å². The number of aromatic nitrogens is 1. The molecule has 0 amide bonds. The van der Waals surface area contributed by atoms with Crippen molar-refractivity contribution in [1.29, 1.82) is 0 Å². The molecule has 1 rings (SSSR count). The van der Waals surface area contributed by atoms with Crippen molar-refractivity contribution < 1.29 is 9.50 Å². The van der Waals surface area contributed by atoms with Gasteiger partial charge in [0.1, 0.15) is 5.82 Å². The van der Waals surface area contributed by atoms with E-state index in [0.29, 0.717) is 5.69 Å². The van der Waals surface area contributed by atoms with Gasteiger partial charge in [-0.2, -0.15) is 0 Å². The summed E-state index contributed by atoms with van der Waals surface area (Å²) in [4.78, 5) is 3.76. The zero-order valence-corrected chi connectivity index (χ0v) is 6.79. The van der Waals surface area contributed by atoms with E-state index in [1.807, 2.05) is 0 Å². The minimum absolute atomic E-state index is 0.217. The average Bonchev–Trinajstić information content (AvgIpc) is 2.05. The molecule has 3 N–H and O–H groups in total. The molecule has 0 bridgehead atoms. The molecule has 0 radical (unpaired) electrons. The molecule has 0 unspecified atom stereocenters. The van der Waals surface area contributed by atoms with Crippen LogP contribution in [-0.2, 0) is 5.54 Å². The number of hydrogen-bond acceptors (Lipinski definition) is 3. The number of halogens is 1. The van der Waals surface area contributed by atoms with Crippen LogP contribution in [0.3, 0.4) is 0 Å². The van der Waals surface area contributed by atoms with Gasteiger partial charge in [-0.1, -0.05) is 0 Å². The quantitative estimate of drug-likeness (QED) is 0.674. The summed E-state index contributed by atoms with van der Waals surface area (Å²) in [7, 11) is 0. The number of aliphatic hydroxyl groups is 1. The molecule has 0 fully saturated rings. The minimum atomic E-state index is -0.895. The molecule has 12 heavy (non-hydrogen) atoms. The summed E-state index contributed by atoms with van der Waals surface area (Å²) in [5, 5.41) is 8.86. The molecule has 0 aliphatic heterocycles. The topological polar surface area (TPSA) is 59.1 Å². The van der Waals surface area contributed by atoms with Gasteiger partial charge in [0.25, 0.3) is 0 Å². The van der Waals surface area contributed by atoms with Crippen LogP contribution in [0.4, 0.5) is 4.39 Å². The van der Waals surface area contributed by atoms with Crippen LogP contribution < -0.4 is 5.73 Å². The Morgan fingerprint density at radius 3 is 2.75 bits per heavy atom. The second kappa shape index (κ2) is 3.16. The number of nitrogens with two attached hydrogens (primary N) is 1. The predicted octanol–water partition coefficient (Wildman–Crippen LogP) is 0.387. The first-order valence-corrected chi connectivity index (χ1v) is 3.58. The molecule has 4 heteroatoms. The smallest absolute Gasteiger partial charge is 0.141 e. The first-order valence-electron chi connectivity index (χ1n) is 3.58. The Balaban J connectivity index is 2.96. The highest BCUT2D eigenvalue weighted by Crippen LogP contribution is 2.13. The van der Waals surface area contributed by atoms with Gasteiger partial charge < -0.3 is 10.8 Å². The summed E-state index contributed by atoms with van der Waals surface area (Å²) < 4.78 is 12.4. The predicted molar refractivity (Wildman–Crippen MR) is 42.8 cm³/mol. The van der Waals surface area contributed by atoms with E-state index >= 15 is 0 Å². The van der Waals surface area contributed by atoms with E-state index in [4.69, 9.17) is 10.8 Å².